The normalized spacial score (nSPS) is 11.1. The lowest BCUT2D eigenvalue weighted by Gasteiger charge is -2.12. The van der Waals surface area contributed by atoms with Crippen molar-refractivity contribution < 1.29 is 0 Å². The van der Waals surface area contributed by atoms with Gasteiger partial charge in [-0.05, 0) is 51.3 Å². The molecular weight excluding hydrogens is 224 g/mol. The van der Waals surface area contributed by atoms with Crippen LogP contribution in [0.3, 0.4) is 0 Å². The quantitative estimate of drug-likeness (QED) is 0.625. The second-order valence-corrected chi connectivity index (χ2v) is 4.69. The number of benzene rings is 1. The van der Waals surface area contributed by atoms with Gasteiger partial charge in [-0.15, -0.1) is 0 Å². The summed E-state index contributed by atoms with van der Waals surface area (Å²) in [7, 11) is 4.17. The largest absolute Gasteiger partial charge is 0.398 e. The third kappa shape index (κ3) is 2.90. The molecule has 2 rings (SSSR count). The van der Waals surface area contributed by atoms with Gasteiger partial charge in [0, 0.05) is 23.8 Å². The lowest BCUT2D eigenvalue weighted by Crippen LogP contribution is -2.16. The number of pyridine rings is 1. The van der Waals surface area contributed by atoms with Crippen molar-refractivity contribution in [3.63, 3.8) is 0 Å². The molecule has 18 heavy (non-hydrogen) atoms. The first kappa shape index (κ1) is 12.6. The molecule has 1 heterocycles. The molecule has 0 spiro atoms. The number of hydrogen-bond donors (Lipinski definition) is 2. The Morgan fingerprint density at radius 3 is 2.89 bits per heavy atom. The summed E-state index contributed by atoms with van der Waals surface area (Å²) in [5, 5.41) is 4.43. The van der Waals surface area contributed by atoms with Crippen LogP contribution in [0.2, 0.25) is 0 Å². The van der Waals surface area contributed by atoms with Crippen molar-refractivity contribution in [1.82, 2.24) is 9.88 Å². The zero-order valence-corrected chi connectivity index (χ0v) is 11.0. The van der Waals surface area contributed by atoms with Crippen molar-refractivity contribution in [3.8, 4) is 0 Å². The first-order chi connectivity index (χ1) is 8.68. The minimum Gasteiger partial charge on any atom is -0.398 e. The molecule has 4 heteroatoms. The van der Waals surface area contributed by atoms with Gasteiger partial charge in [-0.1, -0.05) is 0 Å². The average Bonchev–Trinajstić information content (AvgIpc) is 2.37. The number of fused-ring (bicyclic) bond motifs is 1. The second kappa shape index (κ2) is 5.69. The first-order valence-electron chi connectivity index (χ1n) is 6.20. The molecule has 3 N–H and O–H groups in total. The maximum absolute atomic E-state index is 5.95. The highest BCUT2D eigenvalue weighted by Crippen LogP contribution is 2.25. The Morgan fingerprint density at radius 2 is 2.11 bits per heavy atom. The van der Waals surface area contributed by atoms with Crippen LogP contribution in [0, 0.1) is 0 Å². The van der Waals surface area contributed by atoms with Crippen LogP contribution in [0.1, 0.15) is 6.42 Å². The molecule has 0 saturated heterocycles. The van der Waals surface area contributed by atoms with E-state index in [0.29, 0.717) is 0 Å². The number of nitrogens with one attached hydrogen (secondary N) is 1. The molecule has 0 saturated carbocycles. The SMILES string of the molecule is CN(C)CCCNc1ccc(N)c2cccnc12. The maximum atomic E-state index is 5.95. The summed E-state index contributed by atoms with van der Waals surface area (Å²) in [5.74, 6) is 0. The zero-order chi connectivity index (χ0) is 13.0. The fourth-order valence-electron chi connectivity index (χ4n) is 1.96. The Bertz CT molecular complexity index is 522. The summed E-state index contributed by atoms with van der Waals surface area (Å²) in [6, 6.07) is 7.84. The molecule has 2 aromatic rings. The van der Waals surface area contributed by atoms with Crippen LogP contribution in [0.25, 0.3) is 10.9 Å². The van der Waals surface area contributed by atoms with Crippen molar-refractivity contribution in [2.45, 2.75) is 6.42 Å². The average molecular weight is 244 g/mol. The molecule has 0 fully saturated rings. The molecule has 0 bridgehead atoms. The summed E-state index contributed by atoms with van der Waals surface area (Å²) in [6.45, 7) is 2.01. The van der Waals surface area contributed by atoms with Crippen LogP contribution < -0.4 is 11.1 Å². The van der Waals surface area contributed by atoms with Gasteiger partial charge < -0.3 is 16.0 Å². The lowest BCUT2D eigenvalue weighted by molar-refractivity contribution is 0.405. The van der Waals surface area contributed by atoms with Gasteiger partial charge >= 0.3 is 0 Å². The van der Waals surface area contributed by atoms with E-state index in [9.17, 15) is 0 Å². The highest BCUT2D eigenvalue weighted by molar-refractivity contribution is 5.98. The maximum Gasteiger partial charge on any atom is 0.0953 e. The number of nitrogens with zero attached hydrogens (tertiary/aromatic N) is 2. The van der Waals surface area contributed by atoms with Gasteiger partial charge in [0.05, 0.1) is 11.2 Å². The summed E-state index contributed by atoms with van der Waals surface area (Å²) in [6.07, 6.45) is 2.90. The van der Waals surface area contributed by atoms with Gasteiger partial charge in [0.25, 0.3) is 0 Å². The molecule has 1 aromatic heterocycles. The molecule has 0 atom stereocenters. The summed E-state index contributed by atoms with van der Waals surface area (Å²) >= 11 is 0. The van der Waals surface area contributed by atoms with Crippen molar-refractivity contribution in [1.29, 1.82) is 0 Å². The van der Waals surface area contributed by atoms with Crippen LogP contribution >= 0.6 is 0 Å². The fraction of sp³-hybridized carbons (Fsp3) is 0.357. The third-order valence-corrected chi connectivity index (χ3v) is 2.90. The molecule has 96 valence electrons. The van der Waals surface area contributed by atoms with Gasteiger partial charge in [-0.25, -0.2) is 0 Å². The summed E-state index contributed by atoms with van der Waals surface area (Å²) < 4.78 is 0. The predicted molar refractivity (Wildman–Crippen MR) is 77.8 cm³/mol. The molecule has 0 radical (unpaired) electrons. The van der Waals surface area contributed by atoms with E-state index in [1.165, 1.54) is 0 Å². The van der Waals surface area contributed by atoms with Gasteiger partial charge in [0.15, 0.2) is 0 Å². The van der Waals surface area contributed by atoms with Gasteiger partial charge in [0.1, 0.15) is 0 Å². The number of nitrogen functional groups attached to an aromatic ring is 1. The topological polar surface area (TPSA) is 54.2 Å². The Labute approximate surface area is 108 Å². The number of nitrogens with two attached hydrogens (primary N) is 1. The van der Waals surface area contributed by atoms with Crippen LogP contribution in [0.5, 0.6) is 0 Å². The van der Waals surface area contributed by atoms with Gasteiger partial charge in [-0.2, -0.15) is 0 Å². The molecule has 4 nitrogen and oxygen atoms in total. The molecule has 1 aromatic carbocycles. The second-order valence-electron chi connectivity index (χ2n) is 4.69. The van der Waals surface area contributed by atoms with E-state index < -0.39 is 0 Å². The van der Waals surface area contributed by atoms with E-state index in [1.807, 2.05) is 24.3 Å². The summed E-state index contributed by atoms with van der Waals surface area (Å²) in [4.78, 5) is 6.58. The summed E-state index contributed by atoms with van der Waals surface area (Å²) in [5.41, 5.74) is 8.72. The van der Waals surface area contributed by atoms with Crippen molar-refractivity contribution in [3.05, 3.63) is 30.5 Å². The molecule has 0 aliphatic rings. The van der Waals surface area contributed by atoms with Crippen molar-refractivity contribution in [2.24, 2.45) is 0 Å². The highest BCUT2D eigenvalue weighted by atomic mass is 15.1. The lowest BCUT2D eigenvalue weighted by atomic mass is 10.1. The number of hydrogen-bond acceptors (Lipinski definition) is 4. The first-order valence-corrected chi connectivity index (χ1v) is 6.20. The van der Waals surface area contributed by atoms with Crippen LogP contribution in [0.4, 0.5) is 11.4 Å². The standard InChI is InChI=1S/C14H20N4/c1-18(2)10-4-9-16-13-7-6-12(15)11-5-3-8-17-14(11)13/h3,5-8,16H,4,9-10,15H2,1-2H3. The van der Waals surface area contributed by atoms with E-state index in [1.54, 1.807) is 6.20 Å². The number of anilines is 2. The van der Waals surface area contributed by atoms with Crippen LogP contribution in [-0.4, -0.2) is 37.1 Å². The Balaban J connectivity index is 2.11. The highest BCUT2D eigenvalue weighted by Gasteiger charge is 2.04. The smallest absolute Gasteiger partial charge is 0.0953 e. The Morgan fingerprint density at radius 1 is 1.28 bits per heavy atom. The Hall–Kier alpha value is -1.81. The van der Waals surface area contributed by atoms with Crippen molar-refractivity contribution in [2.75, 3.05) is 38.2 Å². The molecule has 0 aliphatic carbocycles. The predicted octanol–water partition coefficient (Wildman–Crippen LogP) is 2.18. The van der Waals surface area contributed by atoms with Gasteiger partial charge in [0.2, 0.25) is 0 Å². The van der Waals surface area contributed by atoms with Crippen LogP contribution in [0.15, 0.2) is 30.5 Å². The molecule has 0 unspecified atom stereocenters. The molecular formula is C14H20N4. The van der Waals surface area contributed by atoms with Crippen molar-refractivity contribution >= 4 is 22.3 Å². The monoisotopic (exact) mass is 244 g/mol. The van der Waals surface area contributed by atoms with Crippen LogP contribution in [-0.2, 0) is 0 Å². The fourth-order valence-corrected chi connectivity index (χ4v) is 1.96. The van der Waals surface area contributed by atoms with Gasteiger partial charge in [-0.3, -0.25) is 4.98 Å². The Kier molecular flexibility index (Phi) is 3.99. The molecule has 0 aliphatic heterocycles. The minimum atomic E-state index is 0.775. The van der Waals surface area contributed by atoms with E-state index in [0.717, 1.165) is 41.8 Å². The number of rotatable bonds is 5. The molecule has 0 amide bonds. The minimum absolute atomic E-state index is 0.775. The van der Waals surface area contributed by atoms with E-state index in [2.05, 4.69) is 29.3 Å². The van der Waals surface area contributed by atoms with E-state index in [-0.39, 0.29) is 0 Å². The third-order valence-electron chi connectivity index (χ3n) is 2.90. The van der Waals surface area contributed by atoms with E-state index >= 15 is 0 Å². The van der Waals surface area contributed by atoms with E-state index in [4.69, 9.17) is 5.73 Å². The zero-order valence-electron chi connectivity index (χ0n) is 11.0. The number of aromatic nitrogens is 1.